The third-order valence-electron chi connectivity index (χ3n) is 2.86. The lowest BCUT2D eigenvalue weighted by atomic mass is 10.2. The maximum Gasteiger partial charge on any atom is 0.126 e. The number of halogens is 1. The van der Waals surface area contributed by atoms with Crippen molar-refractivity contribution in [3.8, 4) is 23.6 Å². The molecule has 0 unspecified atom stereocenters. The quantitative estimate of drug-likeness (QED) is 0.647. The summed E-state index contributed by atoms with van der Waals surface area (Å²) in [5.41, 5.74) is 2.05. The van der Waals surface area contributed by atoms with E-state index in [9.17, 15) is 4.39 Å². The van der Waals surface area contributed by atoms with Crippen molar-refractivity contribution in [2.45, 2.75) is 0 Å². The fourth-order valence-corrected chi connectivity index (χ4v) is 1.87. The van der Waals surface area contributed by atoms with Crippen LogP contribution in [0.25, 0.3) is 5.69 Å². The Morgan fingerprint density at radius 3 is 2.77 bits per heavy atom. The van der Waals surface area contributed by atoms with Crippen LogP contribution in [-0.2, 0) is 0 Å². The van der Waals surface area contributed by atoms with E-state index in [1.165, 1.54) is 16.8 Å². The van der Waals surface area contributed by atoms with Crippen LogP contribution in [0.2, 0.25) is 0 Å². The molecule has 0 fully saturated rings. The number of nitriles is 1. The molecular weight excluding hydrogens is 279 g/mol. The number of hydrogen-bond donors (Lipinski definition) is 0. The Kier molecular flexibility index (Phi) is 3.63. The van der Waals surface area contributed by atoms with Crippen LogP contribution in [-0.4, -0.2) is 14.8 Å². The molecule has 2 heterocycles. The van der Waals surface area contributed by atoms with E-state index in [1.807, 2.05) is 24.3 Å². The van der Waals surface area contributed by atoms with E-state index in [4.69, 9.17) is 5.26 Å². The van der Waals surface area contributed by atoms with Crippen molar-refractivity contribution >= 4 is 0 Å². The van der Waals surface area contributed by atoms with Gasteiger partial charge >= 0.3 is 0 Å². The van der Waals surface area contributed by atoms with Gasteiger partial charge in [0.1, 0.15) is 11.5 Å². The summed E-state index contributed by atoms with van der Waals surface area (Å²) in [5, 5.41) is 13.0. The summed E-state index contributed by atoms with van der Waals surface area (Å²) in [6, 6.07) is 11.4. The summed E-state index contributed by atoms with van der Waals surface area (Å²) in [5.74, 6) is 5.38. The molecule has 0 atom stereocenters. The first-order chi connectivity index (χ1) is 10.7. The Labute approximate surface area is 126 Å². The molecule has 0 aliphatic rings. The Bertz CT molecular complexity index is 911. The van der Waals surface area contributed by atoms with E-state index < -0.39 is 5.82 Å². The van der Waals surface area contributed by atoms with Gasteiger partial charge in [0.05, 0.1) is 29.1 Å². The van der Waals surface area contributed by atoms with Crippen LogP contribution in [0.1, 0.15) is 16.8 Å². The van der Waals surface area contributed by atoms with Crippen LogP contribution in [0.4, 0.5) is 4.39 Å². The standard InChI is InChI=1S/C17H9FN4/c18-15-7-14(10-19)8-17(9-15)22-12-13(11-21-22)4-5-16-3-1-2-6-20-16/h1-3,6-9,11-12H. The Morgan fingerprint density at radius 2 is 2.00 bits per heavy atom. The number of rotatable bonds is 1. The first-order valence-corrected chi connectivity index (χ1v) is 6.43. The SMILES string of the molecule is N#Cc1cc(F)cc(-n2cc(C#Cc3ccccn3)cn2)c1. The molecule has 0 radical (unpaired) electrons. The number of benzene rings is 1. The van der Waals surface area contributed by atoms with Crippen LogP contribution in [0, 0.1) is 29.0 Å². The fraction of sp³-hybridized carbons (Fsp3) is 0. The lowest BCUT2D eigenvalue weighted by molar-refractivity contribution is 0.625. The molecule has 104 valence electrons. The van der Waals surface area contributed by atoms with Gasteiger partial charge in [-0.3, -0.25) is 0 Å². The molecule has 0 aliphatic carbocycles. The predicted octanol–water partition coefficient (Wildman–Crippen LogP) is 2.68. The third-order valence-corrected chi connectivity index (χ3v) is 2.86. The van der Waals surface area contributed by atoms with Crippen LogP contribution >= 0.6 is 0 Å². The van der Waals surface area contributed by atoms with Crippen molar-refractivity contribution in [2.24, 2.45) is 0 Å². The maximum absolute atomic E-state index is 13.4. The molecule has 0 amide bonds. The molecule has 2 aromatic heterocycles. The second kappa shape index (κ2) is 5.90. The Balaban J connectivity index is 1.90. The summed E-state index contributed by atoms with van der Waals surface area (Å²) in [6.07, 6.45) is 4.92. The molecule has 0 saturated heterocycles. The molecule has 1 aromatic carbocycles. The van der Waals surface area contributed by atoms with Crippen molar-refractivity contribution in [3.05, 3.63) is 77.6 Å². The highest BCUT2D eigenvalue weighted by molar-refractivity contribution is 5.44. The summed E-state index contributed by atoms with van der Waals surface area (Å²) in [7, 11) is 0. The van der Waals surface area contributed by atoms with Crippen molar-refractivity contribution in [1.82, 2.24) is 14.8 Å². The highest BCUT2D eigenvalue weighted by atomic mass is 19.1. The smallest absolute Gasteiger partial charge is 0.126 e. The minimum Gasteiger partial charge on any atom is -0.248 e. The summed E-state index contributed by atoms with van der Waals surface area (Å²) in [6.45, 7) is 0. The predicted molar refractivity (Wildman–Crippen MR) is 78.5 cm³/mol. The van der Waals surface area contributed by atoms with Gasteiger partial charge < -0.3 is 0 Å². The van der Waals surface area contributed by atoms with E-state index in [0.717, 1.165) is 0 Å². The van der Waals surface area contributed by atoms with Gasteiger partial charge in [0.25, 0.3) is 0 Å². The second-order valence-electron chi connectivity index (χ2n) is 4.45. The van der Waals surface area contributed by atoms with Gasteiger partial charge in [-0.2, -0.15) is 10.4 Å². The number of nitrogens with zero attached hydrogens (tertiary/aromatic N) is 4. The average molecular weight is 288 g/mol. The van der Waals surface area contributed by atoms with Crippen LogP contribution in [0.3, 0.4) is 0 Å². The van der Waals surface area contributed by atoms with Gasteiger partial charge in [-0.15, -0.1) is 0 Å². The second-order valence-corrected chi connectivity index (χ2v) is 4.45. The Hall–Kier alpha value is -3.44. The molecule has 22 heavy (non-hydrogen) atoms. The number of hydrogen-bond acceptors (Lipinski definition) is 3. The van der Waals surface area contributed by atoms with E-state index >= 15 is 0 Å². The van der Waals surface area contributed by atoms with Gasteiger partial charge in [0.2, 0.25) is 0 Å². The average Bonchev–Trinajstić information content (AvgIpc) is 3.02. The van der Waals surface area contributed by atoms with Crippen molar-refractivity contribution in [2.75, 3.05) is 0 Å². The molecule has 3 rings (SSSR count). The van der Waals surface area contributed by atoms with Crippen molar-refractivity contribution < 1.29 is 4.39 Å². The summed E-state index contributed by atoms with van der Waals surface area (Å²) >= 11 is 0. The van der Waals surface area contributed by atoms with Crippen LogP contribution < -0.4 is 0 Å². The monoisotopic (exact) mass is 288 g/mol. The van der Waals surface area contributed by atoms with E-state index in [0.29, 0.717) is 16.9 Å². The van der Waals surface area contributed by atoms with Gasteiger partial charge in [0, 0.05) is 12.4 Å². The zero-order valence-corrected chi connectivity index (χ0v) is 11.4. The molecule has 0 saturated carbocycles. The van der Waals surface area contributed by atoms with Gasteiger partial charge in [0.15, 0.2) is 0 Å². The van der Waals surface area contributed by atoms with Crippen LogP contribution in [0.15, 0.2) is 55.0 Å². The first-order valence-electron chi connectivity index (χ1n) is 6.43. The van der Waals surface area contributed by atoms with E-state index in [1.54, 1.807) is 24.7 Å². The Morgan fingerprint density at radius 1 is 1.09 bits per heavy atom. The first kappa shape index (κ1) is 13.5. The van der Waals surface area contributed by atoms with Gasteiger partial charge in [-0.05, 0) is 36.3 Å². The summed E-state index contributed by atoms with van der Waals surface area (Å²) < 4.78 is 14.9. The molecule has 4 nitrogen and oxygen atoms in total. The number of pyridine rings is 1. The molecule has 0 spiro atoms. The van der Waals surface area contributed by atoms with Crippen LogP contribution in [0.5, 0.6) is 0 Å². The molecule has 5 heteroatoms. The lowest BCUT2D eigenvalue weighted by Crippen LogP contribution is -1.96. The third kappa shape index (κ3) is 3.00. The zero-order valence-electron chi connectivity index (χ0n) is 11.4. The van der Waals surface area contributed by atoms with E-state index in [2.05, 4.69) is 21.9 Å². The topological polar surface area (TPSA) is 54.5 Å². The molecule has 0 N–H and O–H groups in total. The van der Waals surface area contributed by atoms with E-state index in [-0.39, 0.29) is 5.56 Å². The zero-order chi connectivity index (χ0) is 15.4. The van der Waals surface area contributed by atoms with Gasteiger partial charge in [-0.1, -0.05) is 12.0 Å². The summed E-state index contributed by atoms with van der Waals surface area (Å²) in [4.78, 5) is 4.11. The van der Waals surface area contributed by atoms with Crippen molar-refractivity contribution in [3.63, 3.8) is 0 Å². The largest absolute Gasteiger partial charge is 0.248 e. The highest BCUT2D eigenvalue weighted by Crippen LogP contribution is 2.13. The maximum atomic E-state index is 13.4. The normalized spacial score (nSPS) is 9.64. The molecular formula is C17H9FN4. The molecule has 0 bridgehead atoms. The minimum atomic E-state index is -0.481. The number of aromatic nitrogens is 3. The lowest BCUT2D eigenvalue weighted by Gasteiger charge is -2.01. The molecule has 0 aliphatic heterocycles. The fourth-order valence-electron chi connectivity index (χ4n) is 1.87. The van der Waals surface area contributed by atoms with Gasteiger partial charge in [-0.25, -0.2) is 14.1 Å². The highest BCUT2D eigenvalue weighted by Gasteiger charge is 2.04. The van der Waals surface area contributed by atoms with Crippen molar-refractivity contribution in [1.29, 1.82) is 5.26 Å². The molecule has 3 aromatic rings. The minimum absolute atomic E-state index is 0.242.